The van der Waals surface area contributed by atoms with E-state index in [9.17, 15) is 22.8 Å². The van der Waals surface area contributed by atoms with E-state index in [1.807, 2.05) is 6.92 Å². The molecule has 0 fully saturated rings. The first-order valence-corrected chi connectivity index (χ1v) is 11.1. The van der Waals surface area contributed by atoms with Gasteiger partial charge in [0.2, 0.25) is 5.91 Å². The molecular weight excluding hydrogens is 556 g/mol. The topological polar surface area (TPSA) is 58.2 Å². The average Bonchev–Trinajstić information content (AvgIpc) is 2.69. The molecule has 0 aliphatic carbocycles. The quantitative estimate of drug-likeness (QED) is 0.281. The van der Waals surface area contributed by atoms with Crippen LogP contribution >= 0.6 is 50.7 Å². The van der Waals surface area contributed by atoms with Crippen LogP contribution in [0.4, 0.5) is 13.2 Å². The summed E-state index contributed by atoms with van der Waals surface area (Å²) in [5.74, 6) is -2.89. The van der Waals surface area contributed by atoms with Gasteiger partial charge in [0.25, 0.3) is 5.91 Å². The Labute approximate surface area is 206 Å². The first-order chi connectivity index (χ1) is 14.9. The van der Waals surface area contributed by atoms with Crippen LogP contribution in [0, 0.1) is 0 Å². The van der Waals surface area contributed by atoms with Crippen LogP contribution in [0.3, 0.4) is 0 Å². The van der Waals surface area contributed by atoms with Crippen molar-refractivity contribution >= 4 is 68.6 Å². The molecule has 172 valence electrons. The van der Waals surface area contributed by atoms with E-state index in [4.69, 9.17) is 34.8 Å². The maximum atomic E-state index is 13.7. The van der Waals surface area contributed by atoms with Crippen molar-refractivity contribution in [1.82, 2.24) is 10.9 Å². The van der Waals surface area contributed by atoms with Gasteiger partial charge in [-0.25, -0.2) is 0 Å². The van der Waals surface area contributed by atoms with Crippen molar-refractivity contribution < 1.29 is 22.8 Å². The number of alkyl halides is 3. The fourth-order valence-electron chi connectivity index (χ4n) is 2.67. The highest BCUT2D eigenvalue weighted by Gasteiger charge is 2.39. The molecule has 0 heterocycles. The number of carbonyl (C=O) groups excluding carboxylic acids is 2. The minimum atomic E-state index is -4.61. The Morgan fingerprint density at radius 1 is 1.09 bits per heavy atom. The highest BCUT2D eigenvalue weighted by Crippen LogP contribution is 2.41. The van der Waals surface area contributed by atoms with Gasteiger partial charge in [0.1, 0.15) is 0 Å². The summed E-state index contributed by atoms with van der Waals surface area (Å²) >= 11 is 20.8. The van der Waals surface area contributed by atoms with E-state index in [0.29, 0.717) is 16.5 Å². The van der Waals surface area contributed by atoms with Crippen molar-refractivity contribution in [1.29, 1.82) is 0 Å². The lowest BCUT2D eigenvalue weighted by Gasteiger charge is -2.18. The van der Waals surface area contributed by atoms with Crippen LogP contribution in [-0.4, -0.2) is 18.0 Å². The fourth-order valence-corrected chi connectivity index (χ4v) is 3.86. The number of benzene rings is 2. The fraction of sp³-hybridized carbons (Fsp3) is 0.238. The second-order valence-corrected chi connectivity index (χ2v) is 8.72. The summed E-state index contributed by atoms with van der Waals surface area (Å²) in [4.78, 5) is 23.7. The van der Waals surface area contributed by atoms with Crippen LogP contribution in [-0.2, 0) is 4.79 Å². The van der Waals surface area contributed by atoms with Gasteiger partial charge in [0.15, 0.2) is 0 Å². The number of amides is 2. The van der Waals surface area contributed by atoms with Gasteiger partial charge in [-0.15, -0.1) is 0 Å². The molecule has 1 atom stereocenters. The molecule has 0 aliphatic rings. The van der Waals surface area contributed by atoms with E-state index in [2.05, 4.69) is 26.8 Å². The minimum Gasteiger partial charge on any atom is -0.273 e. The zero-order valence-electron chi connectivity index (χ0n) is 16.5. The number of hydrogen-bond donors (Lipinski definition) is 2. The summed E-state index contributed by atoms with van der Waals surface area (Å²) in [5, 5.41) is -0.187. The van der Waals surface area contributed by atoms with E-state index in [1.54, 1.807) is 0 Å². The number of carbonyl (C=O) groups is 2. The summed E-state index contributed by atoms with van der Waals surface area (Å²) in [5.41, 5.74) is 5.00. The van der Waals surface area contributed by atoms with Gasteiger partial charge in [-0.2, -0.15) is 13.2 Å². The molecule has 2 aromatic carbocycles. The van der Waals surface area contributed by atoms with Gasteiger partial charge in [-0.3, -0.25) is 20.4 Å². The van der Waals surface area contributed by atoms with E-state index < -0.39 is 18.0 Å². The lowest BCUT2D eigenvalue weighted by Crippen LogP contribution is -2.41. The van der Waals surface area contributed by atoms with E-state index in [-0.39, 0.29) is 38.5 Å². The predicted octanol–water partition coefficient (Wildman–Crippen LogP) is 7.33. The minimum absolute atomic E-state index is 0.0225. The van der Waals surface area contributed by atoms with Crippen LogP contribution in [0.5, 0.6) is 0 Å². The highest BCUT2D eigenvalue weighted by atomic mass is 79.9. The van der Waals surface area contributed by atoms with Crippen LogP contribution in [0.2, 0.25) is 15.1 Å². The van der Waals surface area contributed by atoms with Gasteiger partial charge in [-0.05, 0) is 57.7 Å². The van der Waals surface area contributed by atoms with Crippen molar-refractivity contribution in [3.63, 3.8) is 0 Å². The monoisotopic (exact) mass is 570 g/mol. The molecule has 2 aromatic rings. The molecule has 32 heavy (non-hydrogen) atoms. The summed E-state index contributed by atoms with van der Waals surface area (Å²) in [7, 11) is 0. The predicted molar refractivity (Wildman–Crippen MR) is 124 cm³/mol. The van der Waals surface area contributed by atoms with Crippen LogP contribution in [0.1, 0.15) is 47.2 Å². The molecular formula is C21H17BrCl3F3N2O2. The van der Waals surface area contributed by atoms with Crippen molar-refractivity contribution in [2.24, 2.45) is 0 Å². The van der Waals surface area contributed by atoms with Crippen LogP contribution < -0.4 is 10.9 Å². The SMILES string of the molecule is CCCC(=O)NNC(=O)c1ccc(/C=C/C(c2cc(Cl)c(Cl)c(Cl)c2)C(F)(F)F)cc1Br. The van der Waals surface area contributed by atoms with Crippen molar-refractivity contribution in [3.05, 3.63) is 72.6 Å². The Morgan fingerprint density at radius 2 is 1.72 bits per heavy atom. The lowest BCUT2D eigenvalue weighted by atomic mass is 9.97. The Bertz CT molecular complexity index is 1020. The maximum Gasteiger partial charge on any atom is 0.399 e. The molecule has 1 unspecified atom stereocenters. The standard InChI is InChI=1S/C21H17BrCl3F3N2O2/c1-2-3-18(31)29-30-20(32)13-6-4-11(8-15(13)22)5-7-14(21(26,27)28)12-9-16(23)19(25)17(24)10-12/h4-10,14H,2-3H2,1H3,(H,29,31)(H,30,32)/b7-5+. The molecule has 0 saturated carbocycles. The van der Waals surface area contributed by atoms with Crippen LogP contribution in [0.15, 0.2) is 40.9 Å². The van der Waals surface area contributed by atoms with Crippen LogP contribution in [0.25, 0.3) is 6.08 Å². The number of hydrazine groups is 1. The van der Waals surface area contributed by atoms with Crippen molar-refractivity contribution in [2.75, 3.05) is 0 Å². The van der Waals surface area contributed by atoms with E-state index in [0.717, 1.165) is 18.2 Å². The molecule has 0 spiro atoms. The molecule has 0 aromatic heterocycles. The highest BCUT2D eigenvalue weighted by molar-refractivity contribution is 9.10. The van der Waals surface area contributed by atoms with E-state index >= 15 is 0 Å². The molecule has 2 rings (SSSR count). The Balaban J connectivity index is 2.24. The Morgan fingerprint density at radius 3 is 2.25 bits per heavy atom. The summed E-state index contributed by atoms with van der Waals surface area (Å²) in [6.07, 6.45) is -1.49. The molecule has 2 amide bonds. The molecule has 11 heteroatoms. The number of allylic oxidation sites excluding steroid dienone is 1. The Kier molecular flexibility index (Phi) is 9.45. The zero-order valence-corrected chi connectivity index (χ0v) is 20.3. The maximum absolute atomic E-state index is 13.7. The first-order valence-electron chi connectivity index (χ1n) is 9.22. The Hall–Kier alpha value is -1.74. The molecule has 0 bridgehead atoms. The third kappa shape index (κ3) is 7.13. The second kappa shape index (κ2) is 11.4. The molecule has 0 aliphatic heterocycles. The average molecular weight is 573 g/mol. The summed E-state index contributed by atoms with van der Waals surface area (Å²) in [6, 6.07) is 6.61. The normalized spacial score (nSPS) is 12.6. The second-order valence-electron chi connectivity index (χ2n) is 6.67. The van der Waals surface area contributed by atoms with Gasteiger partial charge < -0.3 is 0 Å². The third-order valence-electron chi connectivity index (χ3n) is 4.23. The molecule has 2 N–H and O–H groups in total. The van der Waals surface area contributed by atoms with Gasteiger partial charge >= 0.3 is 6.18 Å². The van der Waals surface area contributed by atoms with Crippen molar-refractivity contribution in [3.8, 4) is 0 Å². The number of nitrogens with one attached hydrogen (secondary N) is 2. The van der Waals surface area contributed by atoms with E-state index in [1.165, 1.54) is 24.3 Å². The largest absolute Gasteiger partial charge is 0.399 e. The summed E-state index contributed by atoms with van der Waals surface area (Å²) in [6.45, 7) is 1.82. The van der Waals surface area contributed by atoms with Gasteiger partial charge in [0.05, 0.1) is 26.5 Å². The molecule has 0 saturated heterocycles. The summed E-state index contributed by atoms with van der Waals surface area (Å²) < 4.78 is 41.3. The lowest BCUT2D eigenvalue weighted by molar-refractivity contribution is -0.139. The zero-order chi connectivity index (χ0) is 24.1. The smallest absolute Gasteiger partial charge is 0.273 e. The molecule has 0 radical (unpaired) electrons. The first kappa shape index (κ1) is 26.5. The molecule has 4 nitrogen and oxygen atoms in total. The van der Waals surface area contributed by atoms with Crippen molar-refractivity contribution in [2.45, 2.75) is 31.9 Å². The van der Waals surface area contributed by atoms with Gasteiger partial charge in [-0.1, -0.05) is 59.9 Å². The third-order valence-corrected chi connectivity index (χ3v) is 6.08. The number of hydrogen-bond acceptors (Lipinski definition) is 2. The number of rotatable bonds is 6. The number of halogens is 7. The van der Waals surface area contributed by atoms with Gasteiger partial charge in [0, 0.05) is 10.9 Å².